The highest BCUT2D eigenvalue weighted by Gasteiger charge is 2.14. The Kier molecular flexibility index (Phi) is 5.23. The highest BCUT2D eigenvalue weighted by molar-refractivity contribution is 7.09. The lowest BCUT2D eigenvalue weighted by molar-refractivity contribution is 0.316. The van der Waals surface area contributed by atoms with Gasteiger partial charge in [0.1, 0.15) is 5.01 Å². The van der Waals surface area contributed by atoms with Crippen LogP contribution >= 0.6 is 22.9 Å². The first-order valence-corrected chi connectivity index (χ1v) is 7.37. The van der Waals surface area contributed by atoms with Crippen molar-refractivity contribution in [1.82, 2.24) is 9.88 Å². The molecule has 6 heteroatoms. The second kappa shape index (κ2) is 6.92. The molecule has 0 spiro atoms. The van der Waals surface area contributed by atoms with Crippen LogP contribution in [0.3, 0.4) is 0 Å². The van der Waals surface area contributed by atoms with E-state index in [-0.39, 0.29) is 0 Å². The first kappa shape index (κ1) is 15.1. The van der Waals surface area contributed by atoms with Gasteiger partial charge in [0.25, 0.3) is 0 Å². The Hall–Kier alpha value is -1.30. The van der Waals surface area contributed by atoms with Gasteiger partial charge in [-0.2, -0.15) is 0 Å². The van der Waals surface area contributed by atoms with Gasteiger partial charge in [-0.1, -0.05) is 17.7 Å². The number of ether oxygens (including phenoxy) is 2. The van der Waals surface area contributed by atoms with Crippen LogP contribution in [0.25, 0.3) is 0 Å². The Morgan fingerprint density at radius 2 is 2.05 bits per heavy atom. The maximum absolute atomic E-state index is 6.37. The van der Waals surface area contributed by atoms with E-state index in [4.69, 9.17) is 21.1 Å². The summed E-state index contributed by atoms with van der Waals surface area (Å²) in [6.45, 7) is 1.51. The molecule has 0 saturated heterocycles. The molecule has 0 aliphatic heterocycles. The van der Waals surface area contributed by atoms with Crippen molar-refractivity contribution in [2.24, 2.45) is 0 Å². The summed E-state index contributed by atoms with van der Waals surface area (Å²) in [5, 5.41) is 3.66. The van der Waals surface area contributed by atoms with Crippen LogP contribution in [0.15, 0.2) is 23.7 Å². The highest BCUT2D eigenvalue weighted by Crippen LogP contribution is 2.37. The first-order chi connectivity index (χ1) is 9.65. The maximum atomic E-state index is 6.37. The van der Waals surface area contributed by atoms with Gasteiger partial charge >= 0.3 is 0 Å². The molecule has 0 aliphatic carbocycles. The molecule has 0 saturated carbocycles. The van der Waals surface area contributed by atoms with Crippen LogP contribution in [0.5, 0.6) is 11.5 Å². The first-order valence-electron chi connectivity index (χ1n) is 6.12. The molecule has 0 bridgehead atoms. The number of rotatable bonds is 6. The van der Waals surface area contributed by atoms with E-state index in [0.717, 1.165) is 23.7 Å². The summed E-state index contributed by atoms with van der Waals surface area (Å²) in [7, 11) is 5.23. The normalized spacial score (nSPS) is 10.8. The number of aromatic nitrogens is 1. The van der Waals surface area contributed by atoms with E-state index in [1.807, 2.05) is 30.8 Å². The van der Waals surface area contributed by atoms with Crippen molar-refractivity contribution >= 4 is 22.9 Å². The average molecular weight is 313 g/mol. The van der Waals surface area contributed by atoms with E-state index in [9.17, 15) is 0 Å². The molecule has 20 heavy (non-hydrogen) atoms. The van der Waals surface area contributed by atoms with Gasteiger partial charge in [0.2, 0.25) is 0 Å². The molecule has 1 aromatic carbocycles. The molecular formula is C14H17ClN2O2S. The predicted molar refractivity (Wildman–Crippen MR) is 81.8 cm³/mol. The lowest BCUT2D eigenvalue weighted by Gasteiger charge is -2.18. The SMILES string of the molecule is COc1ccc(CN(C)Cc2nccs2)c(Cl)c1OC. The summed E-state index contributed by atoms with van der Waals surface area (Å²) in [5.74, 6) is 1.22. The number of halogens is 1. The van der Waals surface area contributed by atoms with Gasteiger partial charge < -0.3 is 9.47 Å². The van der Waals surface area contributed by atoms with Crippen LogP contribution in [0.1, 0.15) is 10.6 Å². The fourth-order valence-electron chi connectivity index (χ4n) is 1.96. The third kappa shape index (κ3) is 3.42. The Bertz CT molecular complexity index is 561. The van der Waals surface area contributed by atoms with Crippen molar-refractivity contribution in [1.29, 1.82) is 0 Å². The zero-order valence-electron chi connectivity index (χ0n) is 11.7. The third-order valence-corrected chi connectivity index (χ3v) is 4.07. The van der Waals surface area contributed by atoms with E-state index in [2.05, 4.69) is 9.88 Å². The molecule has 1 heterocycles. The molecule has 2 aromatic rings. The molecule has 2 rings (SSSR count). The van der Waals surface area contributed by atoms with Gasteiger partial charge in [-0.25, -0.2) is 4.98 Å². The van der Waals surface area contributed by atoms with E-state index in [0.29, 0.717) is 16.5 Å². The maximum Gasteiger partial charge on any atom is 0.179 e. The quantitative estimate of drug-likeness (QED) is 0.818. The number of hydrogen-bond acceptors (Lipinski definition) is 5. The number of hydrogen-bond donors (Lipinski definition) is 0. The van der Waals surface area contributed by atoms with Crippen molar-refractivity contribution in [2.45, 2.75) is 13.1 Å². The van der Waals surface area contributed by atoms with Gasteiger partial charge in [-0.05, 0) is 18.7 Å². The largest absolute Gasteiger partial charge is 0.493 e. The Balaban J connectivity index is 2.13. The van der Waals surface area contributed by atoms with Gasteiger partial charge in [-0.15, -0.1) is 11.3 Å². The molecule has 0 N–H and O–H groups in total. The second-order valence-electron chi connectivity index (χ2n) is 4.37. The monoisotopic (exact) mass is 312 g/mol. The topological polar surface area (TPSA) is 34.6 Å². The molecule has 1 aromatic heterocycles. The van der Waals surface area contributed by atoms with Crippen LogP contribution in [0.4, 0.5) is 0 Å². The van der Waals surface area contributed by atoms with Crippen LogP contribution < -0.4 is 9.47 Å². The summed E-state index contributed by atoms with van der Waals surface area (Å²) in [6.07, 6.45) is 1.82. The zero-order chi connectivity index (χ0) is 14.5. The van der Waals surface area contributed by atoms with Crippen LogP contribution in [0, 0.1) is 0 Å². The Morgan fingerprint density at radius 1 is 1.25 bits per heavy atom. The molecule has 4 nitrogen and oxygen atoms in total. The Morgan fingerprint density at radius 3 is 2.65 bits per heavy atom. The Labute approximate surface area is 127 Å². The average Bonchev–Trinajstić information content (AvgIpc) is 2.93. The number of methoxy groups -OCH3 is 2. The smallest absolute Gasteiger partial charge is 0.179 e. The van der Waals surface area contributed by atoms with Crippen LogP contribution in [-0.2, 0) is 13.1 Å². The number of thiazole rings is 1. The van der Waals surface area contributed by atoms with E-state index >= 15 is 0 Å². The van der Waals surface area contributed by atoms with Crippen molar-refractivity contribution in [3.8, 4) is 11.5 Å². The second-order valence-corrected chi connectivity index (χ2v) is 5.73. The van der Waals surface area contributed by atoms with E-state index < -0.39 is 0 Å². The highest BCUT2D eigenvalue weighted by atomic mass is 35.5. The van der Waals surface area contributed by atoms with Crippen LogP contribution in [0.2, 0.25) is 5.02 Å². The minimum absolute atomic E-state index is 0.578. The number of benzene rings is 1. The molecule has 108 valence electrons. The summed E-state index contributed by atoms with van der Waals surface area (Å²) in [4.78, 5) is 6.44. The molecule has 0 atom stereocenters. The molecular weight excluding hydrogens is 296 g/mol. The molecule has 0 radical (unpaired) electrons. The molecule has 0 unspecified atom stereocenters. The fourth-order valence-corrected chi connectivity index (χ4v) is 2.95. The van der Waals surface area contributed by atoms with Crippen LogP contribution in [-0.4, -0.2) is 31.2 Å². The summed E-state index contributed by atoms with van der Waals surface area (Å²) < 4.78 is 10.5. The fraction of sp³-hybridized carbons (Fsp3) is 0.357. The summed E-state index contributed by atoms with van der Waals surface area (Å²) in [5.41, 5.74) is 1.00. The summed E-state index contributed by atoms with van der Waals surface area (Å²) in [6, 6.07) is 3.83. The number of nitrogens with zero attached hydrogens (tertiary/aromatic N) is 2. The third-order valence-electron chi connectivity index (χ3n) is 2.89. The predicted octanol–water partition coefficient (Wildman–Crippen LogP) is 3.45. The lowest BCUT2D eigenvalue weighted by atomic mass is 10.2. The van der Waals surface area contributed by atoms with Gasteiger partial charge in [0.15, 0.2) is 11.5 Å². The lowest BCUT2D eigenvalue weighted by Crippen LogP contribution is -2.17. The van der Waals surface area contributed by atoms with Gasteiger partial charge in [-0.3, -0.25) is 4.90 Å². The minimum atomic E-state index is 0.578. The zero-order valence-corrected chi connectivity index (χ0v) is 13.3. The van der Waals surface area contributed by atoms with E-state index in [1.165, 1.54) is 0 Å². The van der Waals surface area contributed by atoms with Crippen molar-refractivity contribution in [2.75, 3.05) is 21.3 Å². The van der Waals surface area contributed by atoms with Gasteiger partial charge in [0.05, 0.1) is 25.8 Å². The van der Waals surface area contributed by atoms with Crippen molar-refractivity contribution in [3.05, 3.63) is 39.3 Å². The standard InChI is InChI=1S/C14H17ClN2O2S/c1-17(9-12-16-6-7-20-12)8-10-4-5-11(18-2)14(19-3)13(10)15/h4-7H,8-9H2,1-3H3. The van der Waals surface area contributed by atoms with Crippen molar-refractivity contribution < 1.29 is 9.47 Å². The molecule has 0 aliphatic rings. The van der Waals surface area contributed by atoms with Gasteiger partial charge in [0, 0.05) is 18.1 Å². The molecule has 0 amide bonds. The molecule has 0 fully saturated rings. The minimum Gasteiger partial charge on any atom is -0.493 e. The summed E-state index contributed by atoms with van der Waals surface area (Å²) >= 11 is 8.02. The van der Waals surface area contributed by atoms with E-state index in [1.54, 1.807) is 25.6 Å². The van der Waals surface area contributed by atoms with Crippen molar-refractivity contribution in [3.63, 3.8) is 0 Å².